The number of pyridine rings is 1. The van der Waals surface area contributed by atoms with Gasteiger partial charge in [-0.25, -0.2) is 0 Å². The first-order valence-electron chi connectivity index (χ1n) is 18.6. The van der Waals surface area contributed by atoms with Gasteiger partial charge in [-0.3, -0.25) is 16.3 Å². The van der Waals surface area contributed by atoms with Crippen molar-refractivity contribution in [1.29, 1.82) is 0 Å². The Hall–Kier alpha value is -4.93. The molecule has 1 radical (unpaired) electrons. The average Bonchev–Trinajstić information content (AvgIpc) is 3.79. The number of nitrogens with zero attached hydrogens (tertiary/aromatic N) is 3. The number of rotatable bonds is 5. The Labute approximate surface area is 314 Å². The standard InChI is InChI=1S/C31H23N2S.C13H12N.Ir/c1-3-21(2)24-15-18-30-26(19-24)27(20-34-30)31-32-28-11-7-8-12-29(28)33(31)25-16-13-23(14-17-25)22-9-5-4-6-10-22;1-10-3-6-12(7-4-10)13-8-5-11(2)9-14-13;/h3-19H,1-2H3;3-6,8-9H,1-2H3;/q2*-1;/b21-3-;;/i;1D3,2D3;. The molecule has 243 valence electrons. The second-order valence-corrected chi connectivity index (χ2v) is 12.2. The van der Waals surface area contributed by atoms with E-state index in [1.165, 1.54) is 56.7 Å². The van der Waals surface area contributed by atoms with Gasteiger partial charge in [-0.2, -0.15) is 0 Å². The van der Waals surface area contributed by atoms with Crippen LogP contribution in [0.2, 0.25) is 0 Å². The summed E-state index contributed by atoms with van der Waals surface area (Å²) in [7, 11) is 0. The van der Waals surface area contributed by atoms with Crippen LogP contribution in [0.1, 0.15) is 38.8 Å². The normalized spacial score (nSPS) is 13.6. The van der Waals surface area contributed by atoms with Crippen molar-refractivity contribution in [2.24, 2.45) is 0 Å². The van der Waals surface area contributed by atoms with Gasteiger partial charge in [-0.05, 0) is 78.5 Å². The molecule has 8 aromatic rings. The third-order valence-corrected chi connectivity index (χ3v) is 9.15. The number of fused-ring (bicyclic) bond motifs is 2. The molecule has 49 heavy (non-hydrogen) atoms. The van der Waals surface area contributed by atoms with Crippen molar-refractivity contribution in [3.63, 3.8) is 0 Å². The van der Waals surface area contributed by atoms with Crippen LogP contribution in [0.25, 0.3) is 66.2 Å². The van der Waals surface area contributed by atoms with Gasteiger partial charge in [-0.1, -0.05) is 114 Å². The Morgan fingerprint density at radius 2 is 1.57 bits per heavy atom. The van der Waals surface area contributed by atoms with Crippen molar-refractivity contribution in [3.05, 3.63) is 168 Å². The van der Waals surface area contributed by atoms with E-state index in [1.807, 2.05) is 12.1 Å². The number of aromatic nitrogens is 3. The molecule has 0 bridgehead atoms. The monoisotopic (exact) mass is 836 g/mol. The zero-order chi connectivity index (χ0) is 38.0. The maximum absolute atomic E-state index is 7.28. The fourth-order valence-electron chi connectivity index (χ4n) is 5.58. The molecule has 0 atom stereocenters. The molecule has 0 spiro atoms. The molecular formula is C44H35IrN3S-2. The SMILES string of the molecule is C/C=C(/C)c1ccc2s[c-]c(-c3nc4ccccc4n3-c3ccc(-c4ccccc4)cc3)c2c1.[2H]C([2H])([2H])c1c[c-]c(-c2ccc(C([2H])([2H])[2H])cn2)cc1.[Ir]. The van der Waals surface area contributed by atoms with E-state index < -0.39 is 13.7 Å². The molecule has 0 amide bonds. The minimum atomic E-state index is -2.18. The summed E-state index contributed by atoms with van der Waals surface area (Å²) in [6, 6.07) is 44.7. The zero-order valence-electron chi connectivity index (χ0n) is 32.9. The van der Waals surface area contributed by atoms with E-state index in [2.05, 4.69) is 126 Å². The van der Waals surface area contributed by atoms with Gasteiger partial charge < -0.3 is 9.55 Å². The first-order chi connectivity index (χ1) is 25.9. The fourth-order valence-corrected chi connectivity index (χ4v) is 6.40. The number of aryl methyl sites for hydroxylation is 2. The quantitative estimate of drug-likeness (QED) is 0.162. The molecule has 0 aliphatic rings. The summed E-state index contributed by atoms with van der Waals surface area (Å²) in [6.07, 6.45) is 3.45. The number of para-hydroxylation sites is 2. The van der Waals surface area contributed by atoms with E-state index in [9.17, 15) is 0 Å². The molecule has 0 aliphatic carbocycles. The topological polar surface area (TPSA) is 30.7 Å². The third kappa shape index (κ3) is 7.25. The molecule has 0 fully saturated rings. The van der Waals surface area contributed by atoms with Crippen LogP contribution in [-0.4, -0.2) is 14.5 Å². The largest absolute Gasteiger partial charge is 0.333 e. The molecule has 0 aliphatic heterocycles. The van der Waals surface area contributed by atoms with Crippen molar-refractivity contribution in [2.45, 2.75) is 27.6 Å². The van der Waals surface area contributed by atoms with Gasteiger partial charge in [0.2, 0.25) is 0 Å². The van der Waals surface area contributed by atoms with Crippen LogP contribution in [0.3, 0.4) is 0 Å². The summed E-state index contributed by atoms with van der Waals surface area (Å²) in [5.41, 5.74) is 10.7. The predicted octanol–water partition coefficient (Wildman–Crippen LogP) is 12.0. The Morgan fingerprint density at radius 1 is 0.816 bits per heavy atom. The average molecular weight is 836 g/mol. The van der Waals surface area contributed by atoms with Crippen molar-refractivity contribution < 1.29 is 28.3 Å². The summed E-state index contributed by atoms with van der Waals surface area (Å²) in [4.78, 5) is 9.16. The number of thiophene rings is 1. The number of hydrogen-bond acceptors (Lipinski definition) is 3. The van der Waals surface area contributed by atoms with Gasteiger partial charge >= 0.3 is 0 Å². The summed E-state index contributed by atoms with van der Waals surface area (Å²) in [6.45, 7) is -0.104. The van der Waals surface area contributed by atoms with Gasteiger partial charge in [0.25, 0.3) is 0 Å². The molecule has 3 nitrogen and oxygen atoms in total. The van der Waals surface area contributed by atoms with Crippen molar-refractivity contribution in [3.8, 4) is 39.5 Å². The Bertz CT molecular complexity index is 2520. The third-order valence-electron chi connectivity index (χ3n) is 8.27. The number of hydrogen-bond donors (Lipinski definition) is 0. The molecule has 8 rings (SSSR count). The van der Waals surface area contributed by atoms with E-state index >= 15 is 0 Å². The molecule has 3 aromatic heterocycles. The first-order valence-corrected chi connectivity index (χ1v) is 16.4. The minimum absolute atomic E-state index is 0. The first kappa shape index (κ1) is 27.0. The van der Waals surface area contributed by atoms with Crippen LogP contribution in [0.15, 0.2) is 140 Å². The molecule has 5 heteroatoms. The molecule has 0 N–H and O–H groups in total. The molecular weight excluding hydrogens is 795 g/mol. The van der Waals surface area contributed by atoms with Gasteiger partial charge in [0, 0.05) is 40.2 Å². The molecule has 0 saturated heterocycles. The Balaban J connectivity index is 0.000000211. The molecule has 0 saturated carbocycles. The van der Waals surface area contributed by atoms with Crippen molar-refractivity contribution in [2.75, 3.05) is 0 Å². The smallest absolute Gasteiger partial charge is 0.0774 e. The molecule has 3 heterocycles. The van der Waals surface area contributed by atoms with Gasteiger partial charge in [-0.15, -0.1) is 40.8 Å². The zero-order valence-corrected chi connectivity index (χ0v) is 30.1. The number of imidazole rings is 1. The van der Waals surface area contributed by atoms with Crippen LogP contribution in [0.5, 0.6) is 0 Å². The van der Waals surface area contributed by atoms with Crippen LogP contribution in [-0.2, 0) is 20.1 Å². The minimum Gasteiger partial charge on any atom is -0.333 e. The van der Waals surface area contributed by atoms with E-state index in [1.54, 1.807) is 23.5 Å². The van der Waals surface area contributed by atoms with E-state index in [-0.39, 0.29) is 31.2 Å². The fraction of sp³-hybridized carbons (Fsp3) is 0.0909. The van der Waals surface area contributed by atoms with Gasteiger partial charge in [0.15, 0.2) is 0 Å². The maximum atomic E-state index is 7.28. The van der Waals surface area contributed by atoms with Gasteiger partial charge in [0.1, 0.15) is 0 Å². The summed E-state index contributed by atoms with van der Waals surface area (Å²) >= 11 is 1.65. The summed E-state index contributed by atoms with van der Waals surface area (Å²) in [5, 5.41) is 4.76. The van der Waals surface area contributed by atoms with Crippen LogP contribution >= 0.6 is 11.3 Å². The molecule has 0 unspecified atom stereocenters. The number of benzene rings is 5. The predicted molar refractivity (Wildman–Crippen MR) is 203 cm³/mol. The Kier molecular flexibility index (Phi) is 8.30. The van der Waals surface area contributed by atoms with Crippen molar-refractivity contribution in [1.82, 2.24) is 14.5 Å². The molecule has 5 aromatic carbocycles. The van der Waals surface area contributed by atoms with E-state index in [4.69, 9.17) is 13.2 Å². The second-order valence-electron chi connectivity index (χ2n) is 11.4. The van der Waals surface area contributed by atoms with Crippen LogP contribution in [0.4, 0.5) is 0 Å². The Morgan fingerprint density at radius 3 is 2.29 bits per heavy atom. The maximum Gasteiger partial charge on any atom is 0.0774 e. The van der Waals surface area contributed by atoms with E-state index in [0.717, 1.165) is 28.1 Å². The van der Waals surface area contributed by atoms with E-state index in [0.29, 0.717) is 11.3 Å². The van der Waals surface area contributed by atoms with Crippen LogP contribution < -0.4 is 0 Å². The second kappa shape index (κ2) is 15.1. The van der Waals surface area contributed by atoms with Gasteiger partial charge in [0.05, 0.1) is 16.9 Å². The van der Waals surface area contributed by atoms with Crippen LogP contribution in [0, 0.1) is 25.2 Å². The summed E-state index contributed by atoms with van der Waals surface area (Å²) in [5.74, 6) is 0.926. The number of allylic oxidation sites excluding steroid dienone is 2. The summed E-state index contributed by atoms with van der Waals surface area (Å²) < 4.78 is 47.1. The van der Waals surface area contributed by atoms with Crippen molar-refractivity contribution >= 4 is 38.0 Å².